The summed E-state index contributed by atoms with van der Waals surface area (Å²) in [7, 11) is 0. The van der Waals surface area contributed by atoms with Crippen molar-refractivity contribution < 1.29 is 9.18 Å². The molecule has 2 aliphatic rings. The van der Waals surface area contributed by atoms with Crippen molar-refractivity contribution in [1.29, 1.82) is 0 Å². The Bertz CT molecular complexity index is 523. The highest BCUT2D eigenvalue weighted by molar-refractivity contribution is 5.95. The van der Waals surface area contributed by atoms with Crippen molar-refractivity contribution in [1.82, 2.24) is 10.2 Å². The van der Waals surface area contributed by atoms with Crippen LogP contribution in [0.5, 0.6) is 0 Å². The Kier molecular flexibility index (Phi) is 3.50. The van der Waals surface area contributed by atoms with E-state index in [0.29, 0.717) is 11.0 Å². The molecule has 0 atom stereocenters. The molecule has 1 aromatic rings. The van der Waals surface area contributed by atoms with Gasteiger partial charge in [-0.15, -0.1) is 0 Å². The molecule has 3 nitrogen and oxygen atoms in total. The molecule has 0 saturated carbocycles. The van der Waals surface area contributed by atoms with E-state index >= 15 is 0 Å². The summed E-state index contributed by atoms with van der Waals surface area (Å²) in [5, 5.41) is 3.38. The van der Waals surface area contributed by atoms with E-state index in [0.717, 1.165) is 51.0 Å². The summed E-state index contributed by atoms with van der Waals surface area (Å²) in [4.78, 5) is 14.5. The number of likely N-dealkylation sites (tertiary alicyclic amines) is 1. The van der Waals surface area contributed by atoms with Crippen LogP contribution in [0.25, 0.3) is 0 Å². The summed E-state index contributed by atoms with van der Waals surface area (Å²) in [6.45, 7) is 5.59. The number of hydrogen-bond donors (Lipinski definition) is 1. The zero-order valence-electron chi connectivity index (χ0n) is 11.9. The second-order valence-electron chi connectivity index (χ2n) is 6.19. The number of halogens is 1. The van der Waals surface area contributed by atoms with Gasteiger partial charge in [0.2, 0.25) is 0 Å². The summed E-state index contributed by atoms with van der Waals surface area (Å²) in [6.07, 6.45) is 3.40. The number of piperidine rings is 1. The lowest BCUT2D eigenvalue weighted by atomic mass is 9.78. The Labute approximate surface area is 119 Å². The molecule has 1 N–H and O–H groups in total. The monoisotopic (exact) mass is 276 g/mol. The molecule has 0 unspecified atom stereocenters. The number of aryl methyl sites for hydroxylation is 1. The summed E-state index contributed by atoms with van der Waals surface area (Å²) in [6, 6.07) is 4.42. The van der Waals surface area contributed by atoms with Crippen LogP contribution in [0.4, 0.5) is 4.39 Å². The lowest BCUT2D eigenvalue weighted by molar-refractivity contribution is 0.0761. The number of rotatable bonds is 1. The molecule has 3 rings (SSSR count). The number of nitrogens with one attached hydrogen (secondary N) is 1. The second kappa shape index (κ2) is 5.17. The van der Waals surface area contributed by atoms with E-state index in [4.69, 9.17) is 0 Å². The third-order valence-corrected chi connectivity index (χ3v) is 4.81. The Morgan fingerprint density at radius 2 is 2.05 bits per heavy atom. The number of amides is 1. The fourth-order valence-corrected chi connectivity index (χ4v) is 3.51. The highest BCUT2D eigenvalue weighted by Crippen LogP contribution is 2.39. The molecule has 2 aliphatic heterocycles. The number of carbonyl (C=O) groups excluding carboxylic acids is 1. The maximum Gasteiger partial charge on any atom is 0.254 e. The maximum atomic E-state index is 13.1. The van der Waals surface area contributed by atoms with E-state index in [1.54, 1.807) is 13.0 Å². The molecule has 2 heterocycles. The molecule has 0 radical (unpaired) electrons. The second-order valence-corrected chi connectivity index (χ2v) is 6.19. The van der Waals surface area contributed by atoms with Gasteiger partial charge in [-0.05, 0) is 68.5 Å². The summed E-state index contributed by atoms with van der Waals surface area (Å²) in [5.74, 6) is -0.229. The fourth-order valence-electron chi connectivity index (χ4n) is 3.51. The Morgan fingerprint density at radius 1 is 1.30 bits per heavy atom. The molecule has 20 heavy (non-hydrogen) atoms. The first-order chi connectivity index (χ1) is 9.60. The molecule has 4 heteroatoms. The Morgan fingerprint density at radius 3 is 2.75 bits per heavy atom. The van der Waals surface area contributed by atoms with E-state index < -0.39 is 0 Å². The summed E-state index contributed by atoms with van der Waals surface area (Å²) in [5.41, 5.74) is 1.67. The van der Waals surface area contributed by atoms with Crippen LogP contribution in [-0.4, -0.2) is 37.0 Å². The minimum absolute atomic E-state index is 0.0536. The first kappa shape index (κ1) is 13.6. The van der Waals surface area contributed by atoms with E-state index in [1.807, 2.05) is 4.90 Å². The van der Waals surface area contributed by atoms with Crippen LogP contribution < -0.4 is 5.32 Å². The van der Waals surface area contributed by atoms with Crippen molar-refractivity contribution in [3.05, 3.63) is 35.1 Å². The minimum atomic E-state index is -0.282. The van der Waals surface area contributed by atoms with Gasteiger partial charge in [-0.2, -0.15) is 0 Å². The van der Waals surface area contributed by atoms with E-state index in [-0.39, 0.29) is 11.7 Å². The van der Waals surface area contributed by atoms with Crippen molar-refractivity contribution in [2.24, 2.45) is 5.41 Å². The lowest BCUT2D eigenvalue weighted by Gasteiger charge is -2.33. The molecular weight excluding hydrogens is 255 g/mol. The van der Waals surface area contributed by atoms with Crippen LogP contribution in [0.1, 0.15) is 35.2 Å². The van der Waals surface area contributed by atoms with Gasteiger partial charge in [0.1, 0.15) is 5.82 Å². The molecule has 0 bridgehead atoms. The average molecular weight is 276 g/mol. The molecule has 2 fully saturated rings. The van der Waals surface area contributed by atoms with Crippen molar-refractivity contribution in [2.75, 3.05) is 26.2 Å². The third-order valence-electron chi connectivity index (χ3n) is 4.81. The fraction of sp³-hybridized carbons (Fsp3) is 0.562. The maximum absolute atomic E-state index is 13.1. The van der Waals surface area contributed by atoms with E-state index in [9.17, 15) is 9.18 Å². The predicted octanol–water partition coefficient (Wildman–Crippen LogP) is 2.35. The van der Waals surface area contributed by atoms with Gasteiger partial charge in [0.15, 0.2) is 0 Å². The van der Waals surface area contributed by atoms with Crippen LogP contribution in [0, 0.1) is 18.2 Å². The van der Waals surface area contributed by atoms with Gasteiger partial charge in [0.25, 0.3) is 5.91 Å². The zero-order valence-corrected chi connectivity index (χ0v) is 11.9. The van der Waals surface area contributed by atoms with Crippen LogP contribution in [0.3, 0.4) is 0 Å². The topological polar surface area (TPSA) is 32.3 Å². The SMILES string of the molecule is Cc1cc(F)ccc1C(=O)N1CCC2(CCNCC2)C1. The molecule has 0 aromatic heterocycles. The standard InChI is InChI=1S/C16H21FN2O/c1-12-10-13(17)2-3-14(12)15(20)19-9-6-16(11-19)4-7-18-8-5-16/h2-3,10,18H,4-9,11H2,1H3. The van der Waals surface area contributed by atoms with Crippen LogP contribution >= 0.6 is 0 Å². The number of benzene rings is 1. The van der Waals surface area contributed by atoms with Crippen LogP contribution in [0.15, 0.2) is 18.2 Å². The van der Waals surface area contributed by atoms with E-state index in [2.05, 4.69) is 5.32 Å². The predicted molar refractivity (Wildman–Crippen MR) is 76.2 cm³/mol. The molecular formula is C16H21FN2O. The zero-order chi connectivity index (χ0) is 14.2. The van der Waals surface area contributed by atoms with Gasteiger partial charge in [-0.25, -0.2) is 4.39 Å². The molecule has 1 spiro atoms. The van der Waals surface area contributed by atoms with Crippen molar-refractivity contribution in [3.8, 4) is 0 Å². The van der Waals surface area contributed by atoms with Gasteiger partial charge < -0.3 is 10.2 Å². The van der Waals surface area contributed by atoms with Crippen molar-refractivity contribution in [2.45, 2.75) is 26.2 Å². The van der Waals surface area contributed by atoms with Gasteiger partial charge in [0.05, 0.1) is 0 Å². The largest absolute Gasteiger partial charge is 0.338 e. The number of hydrogen-bond acceptors (Lipinski definition) is 2. The molecule has 1 amide bonds. The van der Waals surface area contributed by atoms with Crippen LogP contribution in [0.2, 0.25) is 0 Å². The highest BCUT2D eigenvalue weighted by Gasteiger charge is 2.40. The highest BCUT2D eigenvalue weighted by atomic mass is 19.1. The Balaban J connectivity index is 1.75. The Hall–Kier alpha value is -1.42. The molecule has 2 saturated heterocycles. The van der Waals surface area contributed by atoms with Gasteiger partial charge in [0, 0.05) is 18.7 Å². The van der Waals surface area contributed by atoms with Crippen LogP contribution in [-0.2, 0) is 0 Å². The van der Waals surface area contributed by atoms with E-state index in [1.165, 1.54) is 12.1 Å². The first-order valence-corrected chi connectivity index (χ1v) is 7.36. The molecule has 108 valence electrons. The number of nitrogens with zero attached hydrogens (tertiary/aromatic N) is 1. The van der Waals surface area contributed by atoms with Crippen molar-refractivity contribution in [3.63, 3.8) is 0 Å². The normalized spacial score (nSPS) is 21.4. The third kappa shape index (κ3) is 2.44. The van der Waals surface area contributed by atoms with Gasteiger partial charge in [-0.1, -0.05) is 0 Å². The lowest BCUT2D eigenvalue weighted by Crippen LogP contribution is -2.39. The quantitative estimate of drug-likeness (QED) is 0.854. The summed E-state index contributed by atoms with van der Waals surface area (Å²) < 4.78 is 13.1. The number of carbonyl (C=O) groups is 1. The summed E-state index contributed by atoms with van der Waals surface area (Å²) >= 11 is 0. The molecule has 1 aromatic carbocycles. The first-order valence-electron chi connectivity index (χ1n) is 7.36. The average Bonchev–Trinajstić information content (AvgIpc) is 2.83. The smallest absolute Gasteiger partial charge is 0.254 e. The van der Waals surface area contributed by atoms with Gasteiger partial charge >= 0.3 is 0 Å². The van der Waals surface area contributed by atoms with Crippen molar-refractivity contribution >= 4 is 5.91 Å². The molecule has 0 aliphatic carbocycles. The van der Waals surface area contributed by atoms with Gasteiger partial charge in [-0.3, -0.25) is 4.79 Å². The minimum Gasteiger partial charge on any atom is -0.338 e.